The number of fused-ring (bicyclic) bond motifs is 1. The highest BCUT2D eigenvalue weighted by Crippen LogP contribution is 2.30. The Morgan fingerprint density at radius 1 is 1.10 bits per heavy atom. The van der Waals surface area contributed by atoms with Crippen molar-refractivity contribution < 1.29 is 13.2 Å². The molecule has 1 aliphatic rings. The van der Waals surface area contributed by atoms with E-state index in [2.05, 4.69) is 10.3 Å². The maximum absolute atomic E-state index is 12.6. The molecule has 2 aromatic carbocycles. The van der Waals surface area contributed by atoms with Crippen LogP contribution in [0.5, 0.6) is 0 Å². The standard InChI is InChI=1S/C21H21N3O3S2/c1-2-29(26,27)24-13-12-18-19(14-24)28-21(22-18)23-20(25)17-10-8-16(9-11-17)15-6-4-3-5-7-15/h3-11H,2,12-14H2,1H3,(H,22,23,25). The van der Waals surface area contributed by atoms with E-state index in [1.807, 2.05) is 42.5 Å². The van der Waals surface area contributed by atoms with Gasteiger partial charge >= 0.3 is 0 Å². The highest BCUT2D eigenvalue weighted by atomic mass is 32.2. The number of aromatic nitrogens is 1. The Morgan fingerprint density at radius 3 is 2.48 bits per heavy atom. The first kappa shape index (κ1) is 19.8. The monoisotopic (exact) mass is 427 g/mol. The summed E-state index contributed by atoms with van der Waals surface area (Å²) < 4.78 is 25.7. The van der Waals surface area contributed by atoms with E-state index >= 15 is 0 Å². The van der Waals surface area contributed by atoms with E-state index in [0.29, 0.717) is 30.2 Å². The van der Waals surface area contributed by atoms with Gasteiger partial charge in [0, 0.05) is 30.0 Å². The second kappa shape index (κ2) is 8.06. The summed E-state index contributed by atoms with van der Waals surface area (Å²) in [4.78, 5) is 18.0. The molecule has 8 heteroatoms. The second-order valence-corrected chi connectivity index (χ2v) is 10.1. The maximum Gasteiger partial charge on any atom is 0.257 e. The molecule has 1 aliphatic heterocycles. The smallest absolute Gasteiger partial charge is 0.257 e. The van der Waals surface area contributed by atoms with Crippen LogP contribution >= 0.6 is 11.3 Å². The molecule has 0 saturated heterocycles. The minimum Gasteiger partial charge on any atom is -0.298 e. The molecule has 1 amide bonds. The zero-order valence-corrected chi connectivity index (χ0v) is 17.6. The molecule has 1 N–H and O–H groups in total. The SMILES string of the molecule is CCS(=O)(=O)N1CCc2nc(NC(=O)c3ccc(-c4ccccc4)cc3)sc2C1. The summed E-state index contributed by atoms with van der Waals surface area (Å²) in [6.07, 6.45) is 0.562. The molecule has 6 nitrogen and oxygen atoms in total. The number of anilines is 1. The molecule has 0 atom stereocenters. The van der Waals surface area contributed by atoms with Crippen molar-refractivity contribution >= 4 is 32.4 Å². The van der Waals surface area contributed by atoms with Crippen molar-refractivity contribution in [2.24, 2.45) is 0 Å². The third-order valence-electron chi connectivity index (χ3n) is 4.93. The molecule has 29 heavy (non-hydrogen) atoms. The maximum atomic E-state index is 12.6. The summed E-state index contributed by atoms with van der Waals surface area (Å²) in [7, 11) is -3.22. The number of amides is 1. The highest BCUT2D eigenvalue weighted by molar-refractivity contribution is 7.89. The Hall–Kier alpha value is -2.55. The van der Waals surface area contributed by atoms with Crippen LogP contribution < -0.4 is 5.32 Å². The first-order chi connectivity index (χ1) is 14.0. The normalized spacial score (nSPS) is 14.4. The number of hydrogen-bond acceptors (Lipinski definition) is 5. The van der Waals surface area contributed by atoms with Gasteiger partial charge < -0.3 is 0 Å². The van der Waals surface area contributed by atoms with Crippen LogP contribution in [0.25, 0.3) is 11.1 Å². The van der Waals surface area contributed by atoms with Crippen LogP contribution in [-0.4, -0.2) is 35.9 Å². The summed E-state index contributed by atoms with van der Waals surface area (Å²) in [5, 5.41) is 3.35. The first-order valence-electron chi connectivity index (χ1n) is 9.39. The van der Waals surface area contributed by atoms with Gasteiger partial charge in [-0.1, -0.05) is 42.5 Å². The van der Waals surface area contributed by atoms with Gasteiger partial charge in [-0.2, -0.15) is 4.31 Å². The molecule has 0 spiro atoms. The number of carbonyl (C=O) groups excluding carboxylic acids is 1. The van der Waals surface area contributed by atoms with Gasteiger partial charge in [0.25, 0.3) is 5.91 Å². The van der Waals surface area contributed by atoms with Crippen LogP contribution in [0, 0.1) is 0 Å². The number of hydrogen-bond donors (Lipinski definition) is 1. The predicted octanol–water partition coefficient (Wildman–Crippen LogP) is 3.77. The number of nitrogens with zero attached hydrogens (tertiary/aromatic N) is 2. The molecule has 150 valence electrons. The summed E-state index contributed by atoms with van der Waals surface area (Å²) in [5.74, 6) is -0.141. The van der Waals surface area contributed by atoms with Crippen molar-refractivity contribution in [1.82, 2.24) is 9.29 Å². The fraction of sp³-hybridized carbons (Fsp3) is 0.238. The molecule has 3 aromatic rings. The molecule has 1 aromatic heterocycles. The lowest BCUT2D eigenvalue weighted by Gasteiger charge is -2.24. The lowest BCUT2D eigenvalue weighted by Crippen LogP contribution is -2.36. The first-order valence-corrected chi connectivity index (χ1v) is 11.8. The molecule has 0 aliphatic carbocycles. The minimum atomic E-state index is -3.22. The van der Waals surface area contributed by atoms with Gasteiger partial charge in [0.2, 0.25) is 10.0 Å². The average molecular weight is 428 g/mol. The molecule has 2 heterocycles. The van der Waals surface area contributed by atoms with E-state index in [9.17, 15) is 13.2 Å². The van der Waals surface area contributed by atoms with Crippen LogP contribution in [0.15, 0.2) is 54.6 Å². The van der Waals surface area contributed by atoms with Gasteiger partial charge in [-0.05, 0) is 30.2 Å². The van der Waals surface area contributed by atoms with Crippen LogP contribution in [0.3, 0.4) is 0 Å². The van der Waals surface area contributed by atoms with Crippen LogP contribution in [0.4, 0.5) is 5.13 Å². The van der Waals surface area contributed by atoms with Crippen LogP contribution in [-0.2, 0) is 23.0 Å². The minimum absolute atomic E-state index is 0.0870. The van der Waals surface area contributed by atoms with Gasteiger partial charge in [0.1, 0.15) is 0 Å². The molecular weight excluding hydrogens is 406 g/mol. The summed E-state index contributed by atoms with van der Waals surface area (Å²) >= 11 is 1.34. The Morgan fingerprint density at radius 2 is 1.79 bits per heavy atom. The van der Waals surface area contributed by atoms with E-state index in [-0.39, 0.29) is 11.7 Å². The number of benzene rings is 2. The van der Waals surface area contributed by atoms with Crippen molar-refractivity contribution in [2.75, 3.05) is 17.6 Å². The van der Waals surface area contributed by atoms with E-state index < -0.39 is 10.0 Å². The van der Waals surface area contributed by atoms with E-state index in [4.69, 9.17) is 0 Å². The number of sulfonamides is 1. The number of carbonyl (C=O) groups is 1. The quantitative estimate of drug-likeness (QED) is 0.672. The molecule has 0 bridgehead atoms. The van der Waals surface area contributed by atoms with Crippen molar-refractivity contribution in [3.05, 3.63) is 70.7 Å². The Bertz CT molecular complexity index is 1120. The summed E-state index contributed by atoms with van der Waals surface area (Å²) in [5.41, 5.74) is 3.56. The molecular formula is C21H21N3O3S2. The lowest BCUT2D eigenvalue weighted by molar-refractivity contribution is 0.102. The second-order valence-electron chi connectivity index (χ2n) is 6.77. The van der Waals surface area contributed by atoms with Crippen molar-refractivity contribution in [2.45, 2.75) is 19.9 Å². The Kier molecular flexibility index (Phi) is 5.49. The predicted molar refractivity (Wildman–Crippen MR) is 116 cm³/mol. The zero-order valence-electron chi connectivity index (χ0n) is 16.0. The fourth-order valence-corrected chi connectivity index (χ4v) is 5.42. The summed E-state index contributed by atoms with van der Waals surface area (Å²) in [6, 6.07) is 17.4. The number of thiazole rings is 1. The van der Waals surface area contributed by atoms with Gasteiger partial charge in [-0.15, -0.1) is 11.3 Å². The fourth-order valence-electron chi connectivity index (χ4n) is 3.26. The van der Waals surface area contributed by atoms with Gasteiger partial charge in [-0.3, -0.25) is 10.1 Å². The van der Waals surface area contributed by atoms with E-state index in [0.717, 1.165) is 21.7 Å². The van der Waals surface area contributed by atoms with Crippen molar-refractivity contribution in [3.63, 3.8) is 0 Å². The topological polar surface area (TPSA) is 79.4 Å². The van der Waals surface area contributed by atoms with Crippen molar-refractivity contribution in [1.29, 1.82) is 0 Å². The number of rotatable bonds is 5. The highest BCUT2D eigenvalue weighted by Gasteiger charge is 2.28. The lowest BCUT2D eigenvalue weighted by atomic mass is 10.0. The van der Waals surface area contributed by atoms with E-state index in [1.54, 1.807) is 19.1 Å². The summed E-state index contributed by atoms with van der Waals surface area (Å²) in [6.45, 7) is 2.40. The molecule has 0 saturated carbocycles. The molecule has 0 radical (unpaired) electrons. The molecule has 0 fully saturated rings. The van der Waals surface area contributed by atoms with Crippen LogP contribution in [0.2, 0.25) is 0 Å². The van der Waals surface area contributed by atoms with Gasteiger partial charge in [0.05, 0.1) is 11.4 Å². The van der Waals surface area contributed by atoms with Gasteiger partial charge in [-0.25, -0.2) is 13.4 Å². The van der Waals surface area contributed by atoms with Crippen molar-refractivity contribution in [3.8, 4) is 11.1 Å². The molecule has 0 unspecified atom stereocenters. The largest absolute Gasteiger partial charge is 0.298 e. The average Bonchev–Trinajstić information content (AvgIpc) is 3.16. The third kappa shape index (κ3) is 4.24. The van der Waals surface area contributed by atoms with E-state index in [1.165, 1.54) is 15.6 Å². The van der Waals surface area contributed by atoms with Crippen LogP contribution in [0.1, 0.15) is 27.9 Å². The Labute approximate surface area is 174 Å². The molecule has 4 rings (SSSR count). The van der Waals surface area contributed by atoms with Gasteiger partial charge in [0.15, 0.2) is 5.13 Å². The zero-order chi connectivity index (χ0) is 20.4. The third-order valence-corrected chi connectivity index (χ3v) is 7.75. The number of nitrogens with one attached hydrogen (secondary N) is 1. The Balaban J connectivity index is 1.46.